The Hall–Kier alpha value is -2.77. The summed E-state index contributed by atoms with van der Waals surface area (Å²) in [7, 11) is 0. The van der Waals surface area contributed by atoms with E-state index < -0.39 is 5.97 Å². The van der Waals surface area contributed by atoms with Crippen molar-refractivity contribution in [2.75, 3.05) is 0 Å². The van der Waals surface area contributed by atoms with Crippen LogP contribution in [-0.4, -0.2) is 38.1 Å². The Morgan fingerprint density at radius 2 is 2.21 bits per heavy atom. The number of hydrogen-bond acceptors (Lipinski definition) is 6. The number of hydrogen-bond donors (Lipinski definition) is 2. The first kappa shape index (κ1) is 16.1. The summed E-state index contributed by atoms with van der Waals surface area (Å²) < 4.78 is 5.13. The van der Waals surface area contributed by atoms with Crippen LogP contribution in [0.2, 0.25) is 0 Å². The molecule has 0 radical (unpaired) electrons. The fourth-order valence-corrected chi connectivity index (χ4v) is 2.81. The van der Waals surface area contributed by atoms with Gasteiger partial charge in [0.15, 0.2) is 0 Å². The highest BCUT2D eigenvalue weighted by molar-refractivity contribution is 5.77. The minimum Gasteiger partial charge on any atom is -0.481 e. The van der Waals surface area contributed by atoms with Gasteiger partial charge in [0.2, 0.25) is 17.6 Å². The Kier molecular flexibility index (Phi) is 4.83. The molecule has 24 heavy (non-hydrogen) atoms. The van der Waals surface area contributed by atoms with Crippen LogP contribution in [0.1, 0.15) is 31.6 Å². The second-order valence-electron chi connectivity index (χ2n) is 5.84. The molecule has 1 fully saturated rings. The third-order valence-electron chi connectivity index (χ3n) is 4.07. The fourth-order valence-electron chi connectivity index (χ4n) is 2.81. The second kappa shape index (κ2) is 7.20. The number of carboxylic acid groups (broad SMARTS) is 1. The maximum absolute atomic E-state index is 12.0. The number of carboxylic acids is 1. The predicted molar refractivity (Wildman–Crippen MR) is 82.8 cm³/mol. The van der Waals surface area contributed by atoms with Crippen molar-refractivity contribution < 1.29 is 19.2 Å². The number of aryl methyl sites for hydroxylation is 1. The Balaban J connectivity index is 1.47. The van der Waals surface area contributed by atoms with Crippen molar-refractivity contribution in [3.05, 3.63) is 30.3 Å². The zero-order chi connectivity index (χ0) is 16.9. The molecular weight excluding hydrogens is 312 g/mol. The lowest BCUT2D eigenvalue weighted by Gasteiger charge is -2.11. The average Bonchev–Trinajstić information content (AvgIpc) is 3.23. The van der Waals surface area contributed by atoms with Crippen molar-refractivity contribution in [2.45, 2.75) is 38.1 Å². The number of nitrogens with zero attached hydrogens (tertiary/aromatic N) is 3. The summed E-state index contributed by atoms with van der Waals surface area (Å²) in [6, 6.07) is 5.34. The molecule has 1 saturated carbocycles. The summed E-state index contributed by atoms with van der Waals surface area (Å²) in [5, 5.41) is 15.7. The van der Waals surface area contributed by atoms with E-state index in [0.717, 1.165) is 0 Å². The number of amides is 1. The van der Waals surface area contributed by atoms with Crippen LogP contribution < -0.4 is 5.32 Å². The third-order valence-corrected chi connectivity index (χ3v) is 4.07. The molecule has 0 unspecified atom stereocenters. The summed E-state index contributed by atoms with van der Waals surface area (Å²) in [6.45, 7) is 0. The number of aliphatic carboxylic acids is 1. The lowest BCUT2D eigenvalue weighted by Crippen LogP contribution is -2.33. The molecule has 0 aliphatic heterocycles. The largest absolute Gasteiger partial charge is 0.481 e. The van der Waals surface area contributed by atoms with Crippen LogP contribution in [0, 0.1) is 5.92 Å². The van der Waals surface area contributed by atoms with Crippen LogP contribution in [-0.2, 0) is 16.0 Å². The molecule has 2 aromatic rings. The molecule has 126 valence electrons. The van der Waals surface area contributed by atoms with Crippen LogP contribution in [0.4, 0.5) is 0 Å². The van der Waals surface area contributed by atoms with E-state index in [2.05, 4.69) is 20.4 Å². The van der Waals surface area contributed by atoms with Crippen LogP contribution in [0.15, 0.2) is 28.9 Å². The summed E-state index contributed by atoms with van der Waals surface area (Å²) in [6.07, 6.45) is 4.00. The van der Waals surface area contributed by atoms with Crippen molar-refractivity contribution in [3.8, 4) is 11.5 Å². The molecule has 1 aliphatic carbocycles. The quantitative estimate of drug-likeness (QED) is 0.822. The molecule has 1 amide bonds. The van der Waals surface area contributed by atoms with Gasteiger partial charge in [-0.05, 0) is 31.4 Å². The molecule has 0 spiro atoms. The first-order valence-corrected chi connectivity index (χ1v) is 7.88. The Labute approximate surface area is 138 Å². The van der Waals surface area contributed by atoms with Gasteiger partial charge in [0.1, 0.15) is 5.69 Å². The Morgan fingerprint density at radius 1 is 1.33 bits per heavy atom. The minimum absolute atomic E-state index is 0.0645. The average molecular weight is 330 g/mol. The molecule has 3 rings (SSSR count). The van der Waals surface area contributed by atoms with Gasteiger partial charge in [-0.1, -0.05) is 11.2 Å². The molecule has 1 aliphatic rings. The molecule has 0 bridgehead atoms. The van der Waals surface area contributed by atoms with Gasteiger partial charge in [-0.25, -0.2) is 0 Å². The van der Waals surface area contributed by atoms with Crippen molar-refractivity contribution in [1.82, 2.24) is 20.4 Å². The van der Waals surface area contributed by atoms with E-state index in [-0.39, 0.29) is 24.3 Å². The molecule has 2 atom stereocenters. The van der Waals surface area contributed by atoms with E-state index in [4.69, 9.17) is 9.63 Å². The molecule has 8 nitrogen and oxygen atoms in total. The lowest BCUT2D eigenvalue weighted by atomic mass is 10.1. The third kappa shape index (κ3) is 3.95. The van der Waals surface area contributed by atoms with E-state index in [0.29, 0.717) is 43.1 Å². The SMILES string of the molecule is O=C(CCc1nc(-c2ccccn2)no1)N[C@@H]1CC[C@H](C(=O)O)C1. The Bertz CT molecular complexity index is 716. The highest BCUT2D eigenvalue weighted by Gasteiger charge is 2.30. The normalized spacial score (nSPS) is 20.0. The van der Waals surface area contributed by atoms with E-state index in [1.54, 1.807) is 18.3 Å². The van der Waals surface area contributed by atoms with Gasteiger partial charge >= 0.3 is 5.97 Å². The fraction of sp³-hybridized carbons (Fsp3) is 0.438. The summed E-state index contributed by atoms with van der Waals surface area (Å²) >= 11 is 0. The molecular formula is C16H18N4O4. The van der Waals surface area contributed by atoms with Gasteiger partial charge in [-0.15, -0.1) is 0 Å². The van der Waals surface area contributed by atoms with Crippen LogP contribution in [0.3, 0.4) is 0 Å². The molecule has 2 aromatic heterocycles. The number of aromatic nitrogens is 3. The number of rotatable bonds is 6. The number of carbonyl (C=O) groups is 2. The van der Waals surface area contributed by atoms with E-state index in [9.17, 15) is 9.59 Å². The van der Waals surface area contributed by atoms with E-state index in [1.807, 2.05) is 6.07 Å². The Morgan fingerprint density at radius 3 is 2.92 bits per heavy atom. The van der Waals surface area contributed by atoms with Crippen LogP contribution in [0.25, 0.3) is 11.5 Å². The van der Waals surface area contributed by atoms with Crippen LogP contribution in [0.5, 0.6) is 0 Å². The maximum atomic E-state index is 12.0. The number of nitrogens with one attached hydrogen (secondary N) is 1. The zero-order valence-corrected chi connectivity index (χ0v) is 13.0. The molecule has 8 heteroatoms. The van der Waals surface area contributed by atoms with Crippen molar-refractivity contribution in [1.29, 1.82) is 0 Å². The topological polar surface area (TPSA) is 118 Å². The van der Waals surface area contributed by atoms with Gasteiger partial charge in [0.05, 0.1) is 5.92 Å². The number of pyridine rings is 1. The molecule has 2 N–H and O–H groups in total. The predicted octanol–water partition coefficient (Wildman–Crippen LogP) is 1.43. The van der Waals surface area contributed by atoms with Gasteiger partial charge in [0, 0.05) is 25.1 Å². The lowest BCUT2D eigenvalue weighted by molar-refractivity contribution is -0.141. The minimum atomic E-state index is -0.792. The maximum Gasteiger partial charge on any atom is 0.306 e. The van der Waals surface area contributed by atoms with Gasteiger partial charge in [0.25, 0.3) is 0 Å². The van der Waals surface area contributed by atoms with E-state index >= 15 is 0 Å². The molecule has 2 heterocycles. The second-order valence-corrected chi connectivity index (χ2v) is 5.84. The van der Waals surface area contributed by atoms with Crippen molar-refractivity contribution >= 4 is 11.9 Å². The van der Waals surface area contributed by atoms with Gasteiger partial charge < -0.3 is 14.9 Å². The summed E-state index contributed by atoms with van der Waals surface area (Å²) in [4.78, 5) is 31.2. The summed E-state index contributed by atoms with van der Waals surface area (Å²) in [5.41, 5.74) is 0.614. The van der Waals surface area contributed by atoms with Crippen LogP contribution >= 0.6 is 0 Å². The summed E-state index contributed by atoms with van der Waals surface area (Å²) in [5.74, 6) is -0.512. The first-order valence-electron chi connectivity index (χ1n) is 7.88. The van der Waals surface area contributed by atoms with E-state index in [1.165, 1.54) is 0 Å². The smallest absolute Gasteiger partial charge is 0.306 e. The standard InChI is InChI=1S/C16H18N4O4/c21-13(18-11-5-4-10(9-11)16(22)23)6-7-14-19-15(20-24-14)12-3-1-2-8-17-12/h1-3,8,10-11H,4-7,9H2,(H,18,21)(H,22,23)/t10-,11+/m0/s1. The van der Waals surface area contributed by atoms with Crippen molar-refractivity contribution in [3.63, 3.8) is 0 Å². The zero-order valence-electron chi connectivity index (χ0n) is 13.0. The van der Waals surface area contributed by atoms with Gasteiger partial charge in [-0.2, -0.15) is 4.98 Å². The van der Waals surface area contributed by atoms with Crippen molar-refractivity contribution in [2.24, 2.45) is 5.92 Å². The molecule has 0 saturated heterocycles. The molecule has 0 aromatic carbocycles. The number of carbonyl (C=O) groups excluding carboxylic acids is 1. The highest BCUT2D eigenvalue weighted by atomic mass is 16.5. The first-order chi connectivity index (χ1) is 11.6. The highest BCUT2D eigenvalue weighted by Crippen LogP contribution is 2.25. The monoisotopic (exact) mass is 330 g/mol. The van der Waals surface area contributed by atoms with Gasteiger partial charge in [-0.3, -0.25) is 14.6 Å².